The Labute approximate surface area is 97.9 Å². The highest BCUT2D eigenvalue weighted by Crippen LogP contribution is 2.41. The summed E-state index contributed by atoms with van der Waals surface area (Å²) < 4.78 is 0. The Morgan fingerprint density at radius 2 is 1.81 bits per heavy atom. The van der Waals surface area contributed by atoms with Gasteiger partial charge in [-0.25, -0.2) is 0 Å². The zero-order valence-corrected chi connectivity index (χ0v) is 10.5. The molecule has 0 unspecified atom stereocenters. The molecule has 0 atom stereocenters. The van der Waals surface area contributed by atoms with Crippen molar-refractivity contribution < 1.29 is 4.79 Å². The van der Waals surface area contributed by atoms with Crippen LogP contribution < -0.4 is 0 Å². The van der Waals surface area contributed by atoms with Crippen molar-refractivity contribution in [3.05, 3.63) is 33.9 Å². The third-order valence-electron chi connectivity index (χ3n) is 3.42. The smallest absolute Gasteiger partial charge is 0.160 e. The van der Waals surface area contributed by atoms with Gasteiger partial charge in [-0.2, -0.15) is 0 Å². The summed E-state index contributed by atoms with van der Waals surface area (Å²) in [6.07, 6.45) is 8.07. The molecule has 2 aliphatic rings. The number of Topliss-reactive ketones (excluding diaryl/α,β-unsaturated/α-hetero) is 1. The molecule has 0 aliphatic heterocycles. The van der Waals surface area contributed by atoms with Gasteiger partial charge in [-0.05, 0) is 64.0 Å². The summed E-state index contributed by atoms with van der Waals surface area (Å²) in [4.78, 5) is 11.8. The Bertz CT molecular complexity index is 415. The van der Waals surface area contributed by atoms with Crippen LogP contribution in [0.15, 0.2) is 33.9 Å². The molecule has 0 spiro atoms. The molecule has 1 nitrogen and oxygen atoms in total. The molecule has 0 radical (unpaired) electrons. The largest absolute Gasteiger partial charge is 0.294 e. The van der Waals surface area contributed by atoms with Crippen molar-refractivity contribution in [2.24, 2.45) is 0 Å². The SMILES string of the molecule is CC(=O)C1=C(C=C(C)C)CC2=C1CCCC2. The van der Waals surface area contributed by atoms with Crippen molar-refractivity contribution in [2.45, 2.75) is 52.9 Å². The van der Waals surface area contributed by atoms with Crippen molar-refractivity contribution >= 4 is 5.78 Å². The van der Waals surface area contributed by atoms with Crippen molar-refractivity contribution in [1.82, 2.24) is 0 Å². The maximum absolute atomic E-state index is 11.8. The minimum Gasteiger partial charge on any atom is -0.294 e. The van der Waals surface area contributed by atoms with Crippen molar-refractivity contribution in [3.63, 3.8) is 0 Å². The van der Waals surface area contributed by atoms with Gasteiger partial charge in [-0.1, -0.05) is 17.2 Å². The lowest BCUT2D eigenvalue weighted by Crippen LogP contribution is -2.03. The molecule has 86 valence electrons. The van der Waals surface area contributed by atoms with Crippen LogP contribution in [0.1, 0.15) is 52.9 Å². The van der Waals surface area contributed by atoms with E-state index in [1.165, 1.54) is 41.6 Å². The number of allylic oxidation sites excluding steroid dienone is 6. The van der Waals surface area contributed by atoms with E-state index in [9.17, 15) is 4.79 Å². The number of carbonyl (C=O) groups excluding carboxylic acids is 1. The number of hydrogen-bond acceptors (Lipinski definition) is 1. The maximum Gasteiger partial charge on any atom is 0.160 e. The average molecular weight is 216 g/mol. The summed E-state index contributed by atoms with van der Waals surface area (Å²) in [7, 11) is 0. The van der Waals surface area contributed by atoms with Gasteiger partial charge in [0.15, 0.2) is 5.78 Å². The fraction of sp³-hybridized carbons (Fsp3) is 0.533. The van der Waals surface area contributed by atoms with Crippen LogP contribution >= 0.6 is 0 Å². The summed E-state index contributed by atoms with van der Waals surface area (Å²) in [6, 6.07) is 0. The number of carbonyl (C=O) groups is 1. The van der Waals surface area contributed by atoms with E-state index in [4.69, 9.17) is 0 Å². The molecule has 0 fully saturated rings. The lowest BCUT2D eigenvalue weighted by Gasteiger charge is -2.15. The van der Waals surface area contributed by atoms with Crippen LogP contribution in [0, 0.1) is 0 Å². The fourth-order valence-electron chi connectivity index (χ4n) is 2.89. The molecule has 0 aromatic rings. The molecular weight excluding hydrogens is 196 g/mol. The van der Waals surface area contributed by atoms with Crippen LogP contribution in [-0.2, 0) is 4.79 Å². The fourth-order valence-corrected chi connectivity index (χ4v) is 2.89. The average Bonchev–Trinajstić information content (AvgIpc) is 2.53. The molecule has 16 heavy (non-hydrogen) atoms. The van der Waals surface area contributed by atoms with E-state index in [-0.39, 0.29) is 5.78 Å². The number of hydrogen-bond donors (Lipinski definition) is 0. The van der Waals surface area contributed by atoms with Crippen LogP contribution in [0.4, 0.5) is 0 Å². The summed E-state index contributed by atoms with van der Waals surface area (Å²) in [5, 5.41) is 0. The summed E-state index contributed by atoms with van der Waals surface area (Å²) in [6.45, 7) is 5.91. The normalized spacial score (nSPS) is 19.9. The van der Waals surface area contributed by atoms with Gasteiger partial charge in [0.25, 0.3) is 0 Å². The molecule has 0 saturated heterocycles. The van der Waals surface area contributed by atoms with E-state index >= 15 is 0 Å². The molecule has 0 aromatic carbocycles. The van der Waals surface area contributed by atoms with E-state index in [1.807, 2.05) is 0 Å². The van der Waals surface area contributed by atoms with E-state index in [0.29, 0.717) is 0 Å². The predicted octanol–water partition coefficient (Wildman–Crippen LogP) is 4.11. The quantitative estimate of drug-likeness (QED) is 0.678. The zero-order valence-electron chi connectivity index (χ0n) is 10.5. The highest BCUT2D eigenvalue weighted by molar-refractivity contribution is 6.00. The highest BCUT2D eigenvalue weighted by Gasteiger charge is 2.27. The topological polar surface area (TPSA) is 17.1 Å². The molecule has 0 amide bonds. The van der Waals surface area contributed by atoms with Gasteiger partial charge in [0.1, 0.15) is 0 Å². The van der Waals surface area contributed by atoms with Gasteiger partial charge >= 0.3 is 0 Å². The molecule has 0 bridgehead atoms. The second-order valence-electron chi connectivity index (χ2n) is 5.14. The van der Waals surface area contributed by atoms with Crippen LogP contribution in [0.3, 0.4) is 0 Å². The van der Waals surface area contributed by atoms with E-state index < -0.39 is 0 Å². The zero-order chi connectivity index (χ0) is 11.7. The third-order valence-corrected chi connectivity index (χ3v) is 3.42. The number of ketones is 1. The minimum absolute atomic E-state index is 0.249. The monoisotopic (exact) mass is 216 g/mol. The predicted molar refractivity (Wildman–Crippen MR) is 67.2 cm³/mol. The molecule has 2 rings (SSSR count). The second-order valence-corrected chi connectivity index (χ2v) is 5.14. The minimum atomic E-state index is 0.249. The van der Waals surface area contributed by atoms with Crippen LogP contribution in [-0.4, -0.2) is 5.78 Å². The van der Waals surface area contributed by atoms with Crippen LogP contribution in [0.2, 0.25) is 0 Å². The van der Waals surface area contributed by atoms with Crippen LogP contribution in [0.25, 0.3) is 0 Å². The highest BCUT2D eigenvalue weighted by atomic mass is 16.1. The van der Waals surface area contributed by atoms with Gasteiger partial charge in [0, 0.05) is 5.57 Å². The summed E-state index contributed by atoms with van der Waals surface area (Å²) >= 11 is 0. The lowest BCUT2D eigenvalue weighted by atomic mass is 9.90. The van der Waals surface area contributed by atoms with Crippen molar-refractivity contribution in [3.8, 4) is 0 Å². The lowest BCUT2D eigenvalue weighted by molar-refractivity contribution is -0.113. The first-order chi connectivity index (χ1) is 7.59. The Hall–Kier alpha value is -1.11. The molecule has 0 N–H and O–H groups in total. The van der Waals surface area contributed by atoms with Crippen molar-refractivity contribution in [2.75, 3.05) is 0 Å². The summed E-state index contributed by atoms with van der Waals surface area (Å²) in [5.41, 5.74) is 6.50. The van der Waals surface area contributed by atoms with Gasteiger partial charge in [-0.15, -0.1) is 0 Å². The Balaban J connectivity index is 2.41. The van der Waals surface area contributed by atoms with Gasteiger partial charge < -0.3 is 0 Å². The first-order valence-electron chi connectivity index (χ1n) is 6.20. The van der Waals surface area contributed by atoms with Crippen molar-refractivity contribution in [1.29, 1.82) is 0 Å². The van der Waals surface area contributed by atoms with Gasteiger partial charge in [0.2, 0.25) is 0 Å². The van der Waals surface area contributed by atoms with E-state index in [2.05, 4.69) is 19.9 Å². The first-order valence-corrected chi connectivity index (χ1v) is 6.20. The molecule has 0 saturated carbocycles. The molecular formula is C15H20O. The molecule has 0 aromatic heterocycles. The van der Waals surface area contributed by atoms with E-state index in [0.717, 1.165) is 18.4 Å². The Kier molecular flexibility index (Phi) is 3.13. The summed E-state index contributed by atoms with van der Waals surface area (Å²) in [5.74, 6) is 0.249. The third kappa shape index (κ3) is 2.04. The Morgan fingerprint density at radius 3 is 2.44 bits per heavy atom. The second kappa shape index (κ2) is 4.40. The molecule has 1 heteroatoms. The van der Waals surface area contributed by atoms with Crippen LogP contribution in [0.5, 0.6) is 0 Å². The molecule has 0 heterocycles. The van der Waals surface area contributed by atoms with E-state index in [1.54, 1.807) is 6.92 Å². The van der Waals surface area contributed by atoms with Gasteiger partial charge in [0.05, 0.1) is 0 Å². The number of rotatable bonds is 2. The Morgan fingerprint density at radius 1 is 1.12 bits per heavy atom. The molecule has 2 aliphatic carbocycles. The van der Waals surface area contributed by atoms with Gasteiger partial charge in [-0.3, -0.25) is 4.79 Å². The first kappa shape index (κ1) is 11.4. The maximum atomic E-state index is 11.8. The standard InChI is InChI=1S/C15H20O/c1-10(2)8-13-9-12-6-4-5-7-14(12)15(13)11(3)16/h8H,4-7,9H2,1-3H3.